The molecular weight excluding hydrogens is 433 g/mol. The first-order valence-corrected chi connectivity index (χ1v) is 11.7. The van der Waals surface area contributed by atoms with Crippen molar-refractivity contribution >= 4 is 16.9 Å². The fraction of sp³-hybridized carbons (Fsp3) is 0.417. The number of nitrogens with one attached hydrogen (secondary N) is 2. The first-order chi connectivity index (χ1) is 16.5. The highest BCUT2D eigenvalue weighted by atomic mass is 19.1. The van der Waals surface area contributed by atoms with Crippen molar-refractivity contribution in [3.63, 3.8) is 0 Å². The molecule has 10 heteroatoms. The first-order valence-electron chi connectivity index (χ1n) is 11.7. The number of anilines is 1. The molecule has 0 bridgehead atoms. The number of halogens is 1. The third kappa shape index (κ3) is 4.04. The minimum atomic E-state index is -0.475. The SMILES string of the molecule is CCC(C)n1ncc2nc(-c3cnn(CCF)c3)nc(N[C@H](C)C3=CN4C=CC(C)=CC4N3)c21. The van der Waals surface area contributed by atoms with Gasteiger partial charge in [0.05, 0.1) is 36.2 Å². The van der Waals surface area contributed by atoms with Gasteiger partial charge in [-0.2, -0.15) is 10.2 Å². The van der Waals surface area contributed by atoms with Crippen LogP contribution in [-0.4, -0.2) is 53.3 Å². The highest BCUT2D eigenvalue weighted by Gasteiger charge is 2.26. The summed E-state index contributed by atoms with van der Waals surface area (Å²) in [7, 11) is 0. The zero-order valence-corrected chi connectivity index (χ0v) is 19.9. The molecule has 0 saturated carbocycles. The van der Waals surface area contributed by atoms with Gasteiger partial charge in [0.1, 0.15) is 23.9 Å². The maximum absolute atomic E-state index is 12.8. The van der Waals surface area contributed by atoms with Crippen LogP contribution in [0.2, 0.25) is 0 Å². The lowest BCUT2D eigenvalue weighted by atomic mass is 10.2. The van der Waals surface area contributed by atoms with E-state index in [0.29, 0.717) is 11.6 Å². The Morgan fingerprint density at radius 2 is 2.06 bits per heavy atom. The molecule has 34 heavy (non-hydrogen) atoms. The zero-order valence-electron chi connectivity index (χ0n) is 19.9. The van der Waals surface area contributed by atoms with Gasteiger partial charge in [0.15, 0.2) is 11.6 Å². The van der Waals surface area contributed by atoms with Crippen molar-refractivity contribution in [1.29, 1.82) is 0 Å². The van der Waals surface area contributed by atoms with Gasteiger partial charge in [0.25, 0.3) is 0 Å². The van der Waals surface area contributed by atoms with E-state index in [0.717, 1.165) is 28.7 Å². The lowest BCUT2D eigenvalue weighted by Crippen LogP contribution is -2.35. The quantitative estimate of drug-likeness (QED) is 0.522. The number of fused-ring (bicyclic) bond motifs is 2. The maximum Gasteiger partial charge on any atom is 0.165 e. The van der Waals surface area contributed by atoms with Crippen LogP contribution < -0.4 is 10.6 Å². The molecule has 0 saturated heterocycles. The topological polar surface area (TPSA) is 88.7 Å². The van der Waals surface area contributed by atoms with E-state index in [1.165, 1.54) is 5.57 Å². The Morgan fingerprint density at radius 1 is 1.21 bits per heavy atom. The van der Waals surface area contributed by atoms with Crippen molar-refractivity contribution in [2.75, 3.05) is 12.0 Å². The summed E-state index contributed by atoms with van der Waals surface area (Å²) in [4.78, 5) is 11.8. The van der Waals surface area contributed by atoms with Gasteiger partial charge >= 0.3 is 0 Å². The van der Waals surface area contributed by atoms with Crippen LogP contribution in [0.1, 0.15) is 40.2 Å². The molecule has 178 valence electrons. The smallest absolute Gasteiger partial charge is 0.165 e. The van der Waals surface area contributed by atoms with E-state index in [1.807, 2.05) is 4.68 Å². The largest absolute Gasteiger partial charge is 0.362 e. The van der Waals surface area contributed by atoms with Gasteiger partial charge in [-0.3, -0.25) is 9.36 Å². The molecule has 0 aliphatic carbocycles. The number of aromatic nitrogens is 6. The summed E-state index contributed by atoms with van der Waals surface area (Å²) < 4.78 is 16.3. The predicted molar refractivity (Wildman–Crippen MR) is 130 cm³/mol. The molecule has 0 radical (unpaired) electrons. The number of alkyl halides is 1. The van der Waals surface area contributed by atoms with Crippen LogP contribution in [0.15, 0.2) is 54.4 Å². The van der Waals surface area contributed by atoms with Crippen LogP contribution in [0.25, 0.3) is 22.4 Å². The molecule has 3 aromatic rings. The summed E-state index contributed by atoms with van der Waals surface area (Å²) >= 11 is 0. The number of hydrogen-bond acceptors (Lipinski definition) is 7. The molecule has 2 N–H and O–H groups in total. The standard InChI is InChI=1S/C24H30FN9/c1-5-16(3)34-22-19(12-27-34)30-23(18-11-26-33(13-18)9-7-25)31-24(22)28-17(4)20-14-32-8-6-15(2)10-21(32)29-20/h6,8,10-14,16-17,21,29H,5,7,9H2,1-4H3,(H,28,30,31)/t16?,17-,21?/m1/s1. The highest BCUT2D eigenvalue weighted by Crippen LogP contribution is 2.29. The van der Waals surface area contributed by atoms with E-state index in [9.17, 15) is 4.39 Å². The molecule has 9 nitrogen and oxygen atoms in total. The number of allylic oxidation sites excluding steroid dienone is 2. The molecule has 2 unspecified atom stereocenters. The van der Waals surface area contributed by atoms with E-state index >= 15 is 0 Å². The van der Waals surface area contributed by atoms with Crippen LogP contribution in [-0.2, 0) is 6.54 Å². The van der Waals surface area contributed by atoms with Crippen LogP contribution in [0.4, 0.5) is 10.2 Å². The average Bonchev–Trinajstić information content (AvgIpc) is 3.56. The Balaban J connectivity index is 1.51. The van der Waals surface area contributed by atoms with Gasteiger partial charge < -0.3 is 15.5 Å². The van der Waals surface area contributed by atoms with Gasteiger partial charge in [-0.1, -0.05) is 6.92 Å². The summed E-state index contributed by atoms with van der Waals surface area (Å²) in [5.74, 6) is 1.24. The number of hydrogen-bond donors (Lipinski definition) is 2. The zero-order chi connectivity index (χ0) is 23.8. The minimum Gasteiger partial charge on any atom is -0.362 e. The second kappa shape index (κ2) is 8.92. The van der Waals surface area contributed by atoms with E-state index in [2.05, 4.69) is 78.0 Å². The monoisotopic (exact) mass is 463 g/mol. The molecular formula is C24H30FN9. The Kier molecular flexibility index (Phi) is 5.80. The van der Waals surface area contributed by atoms with Crippen LogP contribution >= 0.6 is 0 Å². The third-order valence-electron chi connectivity index (χ3n) is 6.33. The Hall–Kier alpha value is -3.69. The summed E-state index contributed by atoms with van der Waals surface area (Å²) in [5, 5.41) is 16.0. The Bertz CT molecular complexity index is 1280. The van der Waals surface area contributed by atoms with Crippen molar-refractivity contribution in [2.24, 2.45) is 0 Å². The van der Waals surface area contributed by atoms with Crippen molar-refractivity contribution in [2.45, 2.75) is 58.9 Å². The second-order valence-corrected chi connectivity index (χ2v) is 8.87. The maximum atomic E-state index is 12.8. The van der Waals surface area contributed by atoms with E-state index in [1.54, 1.807) is 23.3 Å². The summed E-state index contributed by atoms with van der Waals surface area (Å²) in [6, 6.07) is 0.166. The number of rotatable bonds is 8. The summed E-state index contributed by atoms with van der Waals surface area (Å²) in [6.07, 6.45) is 14.8. The molecule has 2 aliphatic heterocycles. The first kappa shape index (κ1) is 22.1. The number of nitrogens with zero attached hydrogens (tertiary/aromatic N) is 7. The predicted octanol–water partition coefficient (Wildman–Crippen LogP) is 3.98. The van der Waals surface area contributed by atoms with Crippen LogP contribution in [0.3, 0.4) is 0 Å². The van der Waals surface area contributed by atoms with Crippen molar-refractivity contribution in [1.82, 2.24) is 39.7 Å². The lowest BCUT2D eigenvalue weighted by molar-refractivity contribution is 0.420. The highest BCUT2D eigenvalue weighted by molar-refractivity contribution is 5.87. The Labute approximate surface area is 198 Å². The third-order valence-corrected chi connectivity index (χ3v) is 6.33. The molecule has 5 rings (SSSR count). The Morgan fingerprint density at radius 3 is 2.85 bits per heavy atom. The molecule has 5 heterocycles. The second-order valence-electron chi connectivity index (χ2n) is 8.87. The normalized spacial score (nSPS) is 19.0. The van der Waals surface area contributed by atoms with Gasteiger partial charge in [0, 0.05) is 24.6 Å². The molecule has 0 amide bonds. The van der Waals surface area contributed by atoms with Gasteiger partial charge in [-0.05, 0) is 44.9 Å². The molecule has 0 aromatic carbocycles. The average molecular weight is 464 g/mol. The summed E-state index contributed by atoms with van der Waals surface area (Å²) in [5.41, 5.74) is 4.67. The molecule has 0 spiro atoms. The van der Waals surface area contributed by atoms with Crippen LogP contribution in [0, 0.1) is 0 Å². The van der Waals surface area contributed by atoms with Crippen molar-refractivity contribution < 1.29 is 4.39 Å². The fourth-order valence-electron chi connectivity index (χ4n) is 4.20. The van der Waals surface area contributed by atoms with Crippen LogP contribution in [0.5, 0.6) is 0 Å². The molecule has 3 aromatic heterocycles. The van der Waals surface area contributed by atoms with Crippen molar-refractivity contribution in [3.05, 3.63) is 54.4 Å². The van der Waals surface area contributed by atoms with E-state index in [4.69, 9.17) is 9.97 Å². The number of aryl methyl sites for hydroxylation is 1. The molecule has 3 atom stereocenters. The fourth-order valence-corrected chi connectivity index (χ4v) is 4.20. The van der Waals surface area contributed by atoms with E-state index in [-0.39, 0.29) is 24.8 Å². The minimum absolute atomic E-state index is 0.0341. The van der Waals surface area contributed by atoms with Gasteiger partial charge in [-0.15, -0.1) is 0 Å². The van der Waals surface area contributed by atoms with Gasteiger partial charge in [-0.25, -0.2) is 14.4 Å². The van der Waals surface area contributed by atoms with E-state index < -0.39 is 6.67 Å². The summed E-state index contributed by atoms with van der Waals surface area (Å²) in [6.45, 7) is 8.20. The molecule has 2 aliphatic rings. The lowest BCUT2D eigenvalue weighted by Gasteiger charge is -2.23. The molecule has 0 fully saturated rings. The van der Waals surface area contributed by atoms with Crippen molar-refractivity contribution in [3.8, 4) is 11.4 Å². The van der Waals surface area contributed by atoms with Gasteiger partial charge in [0.2, 0.25) is 0 Å².